The summed E-state index contributed by atoms with van der Waals surface area (Å²) in [6.45, 7) is 1.43. The second-order valence-electron chi connectivity index (χ2n) is 6.17. The molecule has 0 aliphatic heterocycles. The van der Waals surface area contributed by atoms with Crippen molar-refractivity contribution in [3.63, 3.8) is 0 Å². The average molecular weight is 373 g/mol. The third-order valence-corrected chi connectivity index (χ3v) is 4.44. The minimum atomic E-state index is -0.412. The van der Waals surface area contributed by atoms with Crippen LogP contribution in [0.1, 0.15) is 5.56 Å². The van der Waals surface area contributed by atoms with Gasteiger partial charge in [-0.1, -0.05) is 12.1 Å². The highest BCUT2D eigenvalue weighted by Crippen LogP contribution is 2.19. The summed E-state index contributed by atoms with van der Waals surface area (Å²) in [4.78, 5) is 29.5. The van der Waals surface area contributed by atoms with Crippen molar-refractivity contribution >= 4 is 17.1 Å². The van der Waals surface area contributed by atoms with E-state index in [2.05, 4.69) is 10.3 Å². The van der Waals surface area contributed by atoms with Crippen molar-refractivity contribution in [2.45, 2.75) is 6.54 Å². The van der Waals surface area contributed by atoms with Gasteiger partial charge in [-0.2, -0.15) is 4.98 Å². The van der Waals surface area contributed by atoms with Crippen LogP contribution in [0.3, 0.4) is 0 Å². The molecule has 0 amide bonds. The smallest absolute Gasteiger partial charge is 0.332 e. The number of ether oxygens (including phenoxy) is 2. The molecule has 27 heavy (non-hydrogen) atoms. The molecular weight excluding hydrogens is 350 g/mol. The minimum absolute atomic E-state index is 0.344. The van der Waals surface area contributed by atoms with Crippen LogP contribution >= 0.6 is 0 Å². The van der Waals surface area contributed by atoms with Crippen LogP contribution < -0.4 is 21.3 Å². The standard InChI is InChI=1S/C18H23N5O4/c1-21-15-14(16(24)22(2)18(21)25)23(17(20-15)19-9-10-26-3)11-12-5-7-13(27-4)8-6-12/h5-8H,9-11H2,1-4H3,(H,19,20). The molecule has 0 bridgehead atoms. The van der Waals surface area contributed by atoms with Crippen LogP contribution in [0.2, 0.25) is 0 Å². The molecule has 0 radical (unpaired) electrons. The lowest BCUT2D eigenvalue weighted by atomic mass is 10.2. The molecule has 0 aliphatic carbocycles. The molecule has 3 aromatic rings. The molecule has 0 fully saturated rings. The molecule has 2 heterocycles. The lowest BCUT2D eigenvalue weighted by molar-refractivity contribution is 0.210. The van der Waals surface area contributed by atoms with E-state index in [1.165, 1.54) is 11.6 Å². The first-order chi connectivity index (χ1) is 13.0. The molecule has 0 saturated carbocycles. The zero-order valence-corrected chi connectivity index (χ0v) is 15.9. The summed E-state index contributed by atoms with van der Waals surface area (Å²) in [5.41, 5.74) is 0.895. The van der Waals surface area contributed by atoms with Crippen LogP contribution in [0.5, 0.6) is 5.75 Å². The molecule has 9 nitrogen and oxygen atoms in total. The maximum Gasteiger partial charge on any atom is 0.332 e. The topological polar surface area (TPSA) is 92.3 Å². The van der Waals surface area contributed by atoms with Gasteiger partial charge in [0.1, 0.15) is 5.75 Å². The monoisotopic (exact) mass is 373 g/mol. The van der Waals surface area contributed by atoms with Crippen LogP contribution in [0.4, 0.5) is 5.95 Å². The Kier molecular flexibility index (Phi) is 5.31. The first-order valence-corrected chi connectivity index (χ1v) is 8.50. The maximum atomic E-state index is 12.8. The van der Waals surface area contributed by atoms with Gasteiger partial charge in [0.2, 0.25) is 5.95 Å². The fraction of sp³-hybridized carbons (Fsp3) is 0.389. The van der Waals surface area contributed by atoms with Crippen molar-refractivity contribution in [3.8, 4) is 5.75 Å². The Balaban J connectivity index is 2.15. The number of nitrogens with one attached hydrogen (secondary N) is 1. The highest BCUT2D eigenvalue weighted by Gasteiger charge is 2.19. The van der Waals surface area contributed by atoms with E-state index in [1.54, 1.807) is 25.8 Å². The Labute approximate surface area is 155 Å². The highest BCUT2D eigenvalue weighted by molar-refractivity contribution is 5.74. The quantitative estimate of drug-likeness (QED) is 0.608. The second kappa shape index (κ2) is 7.67. The molecule has 2 aromatic heterocycles. The van der Waals surface area contributed by atoms with E-state index in [0.29, 0.717) is 36.8 Å². The number of imidazole rings is 1. The molecule has 144 valence electrons. The SMILES string of the molecule is COCCNc1nc2c(c(=O)n(C)c(=O)n2C)n1Cc1ccc(OC)cc1. The van der Waals surface area contributed by atoms with Gasteiger partial charge in [-0.05, 0) is 17.7 Å². The minimum Gasteiger partial charge on any atom is -0.497 e. The summed E-state index contributed by atoms with van der Waals surface area (Å²) in [5, 5.41) is 3.18. The van der Waals surface area contributed by atoms with Gasteiger partial charge in [-0.3, -0.25) is 18.5 Å². The lowest BCUT2D eigenvalue weighted by Gasteiger charge is -2.11. The lowest BCUT2D eigenvalue weighted by Crippen LogP contribution is -2.37. The molecule has 9 heteroatoms. The highest BCUT2D eigenvalue weighted by atomic mass is 16.5. The van der Waals surface area contributed by atoms with Gasteiger partial charge < -0.3 is 14.8 Å². The van der Waals surface area contributed by atoms with Crippen molar-refractivity contribution in [1.29, 1.82) is 0 Å². The number of nitrogens with zero attached hydrogens (tertiary/aromatic N) is 4. The van der Waals surface area contributed by atoms with Gasteiger partial charge in [0.15, 0.2) is 11.2 Å². The maximum absolute atomic E-state index is 12.8. The zero-order valence-electron chi connectivity index (χ0n) is 15.9. The van der Waals surface area contributed by atoms with Crippen LogP contribution in [0.25, 0.3) is 11.2 Å². The summed E-state index contributed by atoms with van der Waals surface area (Å²) in [7, 11) is 6.29. The van der Waals surface area contributed by atoms with Crippen molar-refractivity contribution in [1.82, 2.24) is 18.7 Å². The molecule has 0 saturated heterocycles. The Morgan fingerprint density at radius 3 is 2.41 bits per heavy atom. The molecule has 0 spiro atoms. The zero-order chi connectivity index (χ0) is 19.6. The van der Waals surface area contributed by atoms with Crippen LogP contribution in [0, 0.1) is 0 Å². The number of hydrogen-bond acceptors (Lipinski definition) is 6. The van der Waals surface area contributed by atoms with E-state index in [-0.39, 0.29) is 5.56 Å². The Morgan fingerprint density at radius 1 is 1.07 bits per heavy atom. The average Bonchev–Trinajstić information content (AvgIpc) is 3.04. The normalized spacial score (nSPS) is 11.1. The fourth-order valence-corrected chi connectivity index (χ4v) is 2.91. The second-order valence-corrected chi connectivity index (χ2v) is 6.17. The summed E-state index contributed by atoms with van der Waals surface area (Å²) in [6.07, 6.45) is 0. The predicted molar refractivity (Wildman–Crippen MR) is 103 cm³/mol. The van der Waals surface area contributed by atoms with Gasteiger partial charge in [-0.25, -0.2) is 4.79 Å². The van der Waals surface area contributed by atoms with Gasteiger partial charge in [-0.15, -0.1) is 0 Å². The predicted octanol–water partition coefficient (Wildman–Crippen LogP) is 0.549. The number of fused-ring (bicyclic) bond motifs is 1. The molecule has 1 N–H and O–H groups in total. The summed E-state index contributed by atoms with van der Waals surface area (Å²) in [6, 6.07) is 7.58. The Hall–Kier alpha value is -3.07. The molecular formula is C18H23N5O4. The van der Waals surface area contributed by atoms with Crippen molar-refractivity contribution in [2.24, 2.45) is 14.1 Å². The third kappa shape index (κ3) is 3.45. The number of hydrogen-bond donors (Lipinski definition) is 1. The number of methoxy groups -OCH3 is 2. The Bertz CT molecular complexity index is 1060. The molecule has 0 unspecified atom stereocenters. The van der Waals surface area contributed by atoms with E-state index < -0.39 is 5.69 Å². The van der Waals surface area contributed by atoms with E-state index >= 15 is 0 Å². The fourth-order valence-electron chi connectivity index (χ4n) is 2.91. The first kappa shape index (κ1) is 18.7. The molecule has 0 aliphatic rings. The van der Waals surface area contributed by atoms with Crippen LogP contribution in [0.15, 0.2) is 33.9 Å². The van der Waals surface area contributed by atoms with Gasteiger partial charge in [0.25, 0.3) is 5.56 Å². The van der Waals surface area contributed by atoms with Crippen molar-refractivity contribution < 1.29 is 9.47 Å². The Morgan fingerprint density at radius 2 is 1.78 bits per heavy atom. The van der Waals surface area contributed by atoms with E-state index in [1.807, 2.05) is 24.3 Å². The number of aromatic nitrogens is 4. The molecule has 1 aromatic carbocycles. The third-order valence-electron chi connectivity index (χ3n) is 4.44. The van der Waals surface area contributed by atoms with E-state index in [0.717, 1.165) is 15.9 Å². The number of anilines is 1. The van der Waals surface area contributed by atoms with Crippen LogP contribution in [-0.2, 0) is 25.4 Å². The van der Waals surface area contributed by atoms with E-state index in [9.17, 15) is 9.59 Å². The van der Waals surface area contributed by atoms with E-state index in [4.69, 9.17) is 9.47 Å². The largest absolute Gasteiger partial charge is 0.497 e. The number of benzene rings is 1. The van der Waals surface area contributed by atoms with Gasteiger partial charge in [0.05, 0.1) is 20.3 Å². The summed E-state index contributed by atoms with van der Waals surface area (Å²) >= 11 is 0. The molecule has 3 rings (SSSR count). The number of rotatable bonds is 7. The first-order valence-electron chi connectivity index (χ1n) is 8.50. The van der Waals surface area contributed by atoms with Crippen molar-refractivity contribution in [2.75, 3.05) is 32.7 Å². The van der Waals surface area contributed by atoms with Gasteiger partial charge in [0, 0.05) is 27.7 Å². The van der Waals surface area contributed by atoms with Gasteiger partial charge >= 0.3 is 5.69 Å². The van der Waals surface area contributed by atoms with Crippen LogP contribution in [-0.4, -0.2) is 46.1 Å². The van der Waals surface area contributed by atoms with Crippen molar-refractivity contribution in [3.05, 3.63) is 50.7 Å². The molecule has 0 atom stereocenters. The summed E-state index contributed by atoms with van der Waals surface area (Å²) in [5.74, 6) is 1.27. The summed E-state index contributed by atoms with van der Waals surface area (Å²) < 4.78 is 14.5. The number of aryl methyl sites for hydroxylation is 1.